The van der Waals surface area contributed by atoms with Crippen molar-refractivity contribution in [2.75, 3.05) is 25.5 Å². The van der Waals surface area contributed by atoms with Crippen molar-refractivity contribution >= 4 is 40.8 Å². The summed E-state index contributed by atoms with van der Waals surface area (Å²) >= 11 is 1.29. The molecule has 1 aromatic heterocycles. The van der Waals surface area contributed by atoms with Crippen molar-refractivity contribution < 1.29 is 14.3 Å². The third-order valence-corrected chi connectivity index (χ3v) is 2.57. The molecule has 1 amide bonds. The Bertz CT molecular complexity index is 363. The minimum atomic E-state index is -0.314. The fraction of sp³-hybridized carbons (Fsp3) is 0.500. The Labute approximate surface area is 116 Å². The Morgan fingerprint density at radius 3 is 2.83 bits per heavy atom. The Hall–Kier alpha value is -1.18. The van der Waals surface area contributed by atoms with E-state index in [1.165, 1.54) is 11.3 Å². The molecule has 18 heavy (non-hydrogen) atoms. The van der Waals surface area contributed by atoms with Gasteiger partial charge in [0.1, 0.15) is 0 Å². The molecule has 0 saturated carbocycles. The molecular formula is C10H16ClN3O3S. The van der Waals surface area contributed by atoms with E-state index in [9.17, 15) is 9.59 Å². The molecular weight excluding hydrogens is 278 g/mol. The molecule has 0 saturated heterocycles. The molecule has 0 atom stereocenters. The third kappa shape index (κ3) is 5.95. The number of halogens is 1. The lowest BCUT2D eigenvalue weighted by Crippen LogP contribution is -2.25. The SMILES string of the molecule is CCOC(=O)Cc1csc(NC(=O)CNC)n1.Cl. The summed E-state index contributed by atoms with van der Waals surface area (Å²) in [6.07, 6.45) is 0.131. The van der Waals surface area contributed by atoms with Crippen LogP contribution < -0.4 is 10.6 Å². The molecule has 1 rings (SSSR count). The van der Waals surface area contributed by atoms with Crippen LogP contribution in [0.3, 0.4) is 0 Å². The van der Waals surface area contributed by atoms with E-state index in [0.717, 1.165) is 0 Å². The summed E-state index contributed by atoms with van der Waals surface area (Å²) in [5, 5.41) is 7.57. The highest BCUT2D eigenvalue weighted by Crippen LogP contribution is 2.15. The van der Waals surface area contributed by atoms with E-state index < -0.39 is 0 Å². The van der Waals surface area contributed by atoms with Gasteiger partial charge in [0.05, 0.1) is 25.3 Å². The number of thiazole rings is 1. The van der Waals surface area contributed by atoms with Crippen LogP contribution in [0.25, 0.3) is 0 Å². The maximum absolute atomic E-state index is 11.2. The molecule has 8 heteroatoms. The standard InChI is InChI=1S/C10H15N3O3S.ClH/c1-3-16-9(15)4-7-6-17-10(12-7)13-8(14)5-11-2;/h6,11H,3-5H2,1-2H3,(H,12,13,14);1H. The Balaban J connectivity index is 0.00000289. The quantitative estimate of drug-likeness (QED) is 0.759. The number of nitrogens with zero attached hydrogens (tertiary/aromatic N) is 1. The van der Waals surface area contributed by atoms with Crippen LogP contribution in [-0.4, -0.2) is 37.1 Å². The van der Waals surface area contributed by atoms with Crippen LogP contribution in [0.15, 0.2) is 5.38 Å². The number of ether oxygens (including phenoxy) is 1. The summed E-state index contributed by atoms with van der Waals surface area (Å²) < 4.78 is 4.80. The number of hydrogen-bond acceptors (Lipinski definition) is 6. The second kappa shape index (κ2) is 8.84. The first-order valence-corrected chi connectivity index (χ1v) is 6.08. The van der Waals surface area contributed by atoms with Gasteiger partial charge in [0.25, 0.3) is 0 Å². The van der Waals surface area contributed by atoms with E-state index in [0.29, 0.717) is 17.4 Å². The predicted octanol–water partition coefficient (Wildman–Crippen LogP) is 0.828. The van der Waals surface area contributed by atoms with Gasteiger partial charge in [-0.2, -0.15) is 0 Å². The molecule has 0 spiro atoms. The number of rotatable bonds is 6. The highest BCUT2D eigenvalue weighted by atomic mass is 35.5. The summed E-state index contributed by atoms with van der Waals surface area (Å²) in [6, 6.07) is 0. The number of amides is 1. The van der Waals surface area contributed by atoms with Crippen molar-refractivity contribution in [3.63, 3.8) is 0 Å². The molecule has 1 heterocycles. The second-order valence-corrected chi connectivity index (χ2v) is 4.06. The Morgan fingerprint density at radius 1 is 1.50 bits per heavy atom. The van der Waals surface area contributed by atoms with E-state index in [1.54, 1.807) is 19.4 Å². The first-order valence-electron chi connectivity index (χ1n) is 5.20. The van der Waals surface area contributed by atoms with Gasteiger partial charge >= 0.3 is 5.97 Å². The van der Waals surface area contributed by atoms with Crippen LogP contribution in [0.1, 0.15) is 12.6 Å². The molecule has 0 aliphatic carbocycles. The third-order valence-electron chi connectivity index (χ3n) is 1.77. The van der Waals surface area contributed by atoms with Crippen LogP contribution in [0.2, 0.25) is 0 Å². The lowest BCUT2D eigenvalue weighted by molar-refractivity contribution is -0.142. The molecule has 0 unspecified atom stereocenters. The highest BCUT2D eigenvalue weighted by Gasteiger charge is 2.09. The summed E-state index contributed by atoms with van der Waals surface area (Å²) in [5.74, 6) is -0.476. The van der Waals surface area contributed by atoms with Crippen LogP contribution in [0.5, 0.6) is 0 Å². The van der Waals surface area contributed by atoms with Crippen LogP contribution in [-0.2, 0) is 20.7 Å². The number of hydrogen-bond donors (Lipinski definition) is 2. The van der Waals surface area contributed by atoms with Crippen molar-refractivity contribution in [2.24, 2.45) is 0 Å². The molecule has 0 fully saturated rings. The molecule has 0 aliphatic heterocycles. The molecule has 6 nitrogen and oxygen atoms in total. The number of carbonyl (C=O) groups excluding carboxylic acids is 2. The van der Waals surface area contributed by atoms with Crippen molar-refractivity contribution in [2.45, 2.75) is 13.3 Å². The number of carbonyl (C=O) groups is 2. The first-order chi connectivity index (χ1) is 8.15. The van der Waals surface area contributed by atoms with E-state index in [2.05, 4.69) is 15.6 Å². The number of esters is 1. The normalized spacial score (nSPS) is 9.44. The van der Waals surface area contributed by atoms with Gasteiger partial charge < -0.3 is 15.4 Å². The summed E-state index contributed by atoms with van der Waals surface area (Å²) in [5.41, 5.74) is 0.605. The monoisotopic (exact) mass is 293 g/mol. The van der Waals surface area contributed by atoms with Crippen LogP contribution >= 0.6 is 23.7 Å². The predicted molar refractivity (Wildman–Crippen MR) is 72.3 cm³/mol. The van der Waals surface area contributed by atoms with Crippen LogP contribution in [0.4, 0.5) is 5.13 Å². The summed E-state index contributed by atoms with van der Waals surface area (Å²) in [7, 11) is 1.69. The molecule has 1 aromatic rings. The average Bonchev–Trinajstić information content (AvgIpc) is 2.66. The molecule has 102 valence electrons. The second-order valence-electron chi connectivity index (χ2n) is 3.20. The van der Waals surface area contributed by atoms with Gasteiger partial charge in [-0.1, -0.05) is 0 Å². The van der Waals surface area contributed by atoms with E-state index in [1.807, 2.05) is 0 Å². The van der Waals surface area contributed by atoms with E-state index >= 15 is 0 Å². The molecule has 2 N–H and O–H groups in total. The average molecular weight is 294 g/mol. The minimum absolute atomic E-state index is 0. The zero-order valence-corrected chi connectivity index (χ0v) is 11.8. The molecule has 0 bridgehead atoms. The van der Waals surface area contributed by atoms with Crippen molar-refractivity contribution in [1.82, 2.24) is 10.3 Å². The topological polar surface area (TPSA) is 80.3 Å². The maximum Gasteiger partial charge on any atom is 0.311 e. The van der Waals surface area contributed by atoms with Gasteiger partial charge in [-0.25, -0.2) is 4.98 Å². The minimum Gasteiger partial charge on any atom is -0.466 e. The lowest BCUT2D eigenvalue weighted by Gasteiger charge is -2.00. The number of anilines is 1. The van der Waals surface area contributed by atoms with E-state index in [4.69, 9.17) is 4.74 Å². The van der Waals surface area contributed by atoms with E-state index in [-0.39, 0.29) is 37.2 Å². The molecule has 0 aromatic carbocycles. The first kappa shape index (κ1) is 16.8. The van der Waals surface area contributed by atoms with Gasteiger partial charge in [0.15, 0.2) is 5.13 Å². The summed E-state index contributed by atoms with van der Waals surface area (Å²) in [4.78, 5) is 26.6. The lowest BCUT2D eigenvalue weighted by atomic mass is 10.3. The summed E-state index contributed by atoms with van der Waals surface area (Å²) in [6.45, 7) is 2.34. The highest BCUT2D eigenvalue weighted by molar-refractivity contribution is 7.13. The maximum atomic E-state index is 11.2. The largest absolute Gasteiger partial charge is 0.466 e. The number of aromatic nitrogens is 1. The van der Waals surface area contributed by atoms with Gasteiger partial charge in [-0.3, -0.25) is 9.59 Å². The number of likely N-dealkylation sites (N-methyl/N-ethyl adjacent to an activating group) is 1. The molecule has 0 radical (unpaired) electrons. The molecule has 0 aliphatic rings. The smallest absolute Gasteiger partial charge is 0.311 e. The Kier molecular flexibility index (Phi) is 8.27. The fourth-order valence-electron chi connectivity index (χ4n) is 1.13. The zero-order chi connectivity index (χ0) is 12.7. The van der Waals surface area contributed by atoms with Crippen molar-refractivity contribution in [1.29, 1.82) is 0 Å². The van der Waals surface area contributed by atoms with Gasteiger partial charge in [0, 0.05) is 5.38 Å². The van der Waals surface area contributed by atoms with Gasteiger partial charge in [-0.15, -0.1) is 23.7 Å². The number of nitrogens with one attached hydrogen (secondary N) is 2. The van der Waals surface area contributed by atoms with Crippen LogP contribution in [0, 0.1) is 0 Å². The van der Waals surface area contributed by atoms with Gasteiger partial charge in [-0.05, 0) is 14.0 Å². The van der Waals surface area contributed by atoms with Gasteiger partial charge in [0.2, 0.25) is 5.91 Å². The van der Waals surface area contributed by atoms with Crippen molar-refractivity contribution in [3.8, 4) is 0 Å². The van der Waals surface area contributed by atoms with Crippen molar-refractivity contribution in [3.05, 3.63) is 11.1 Å². The zero-order valence-electron chi connectivity index (χ0n) is 10.2. The fourth-order valence-corrected chi connectivity index (χ4v) is 1.86. The Morgan fingerprint density at radius 2 is 2.22 bits per heavy atom.